The summed E-state index contributed by atoms with van der Waals surface area (Å²) in [4.78, 5) is 12.9. The number of hydrogen-bond acceptors (Lipinski definition) is 11. The van der Waals surface area contributed by atoms with E-state index in [0.29, 0.717) is 13.0 Å². The van der Waals surface area contributed by atoms with Gasteiger partial charge in [0.1, 0.15) is 30.5 Å². The van der Waals surface area contributed by atoms with Gasteiger partial charge in [-0.25, -0.2) is 4.18 Å². The molecule has 0 saturated carbocycles. The first-order chi connectivity index (χ1) is 31.6. The highest BCUT2D eigenvalue weighted by molar-refractivity contribution is 7.80. The summed E-state index contributed by atoms with van der Waals surface area (Å²) in [6.45, 7) is 3.99. The predicted molar refractivity (Wildman–Crippen MR) is 262 cm³/mol. The third-order valence-corrected chi connectivity index (χ3v) is 12.8. The maximum atomic E-state index is 12.9. The van der Waals surface area contributed by atoms with E-state index in [0.717, 1.165) is 64.2 Å². The summed E-state index contributed by atoms with van der Waals surface area (Å²) >= 11 is 0. The Morgan fingerprint density at radius 2 is 1.02 bits per heavy atom. The SMILES string of the molecule is CCCCC/C=C\C/C=C\CCCCCCCC(=O)OC(COCCCCCCCCCCCCCCCCCCCCCCCCC)COC1OC(CO)C(O)C(OS(=O)(=O)O)C1O. The minimum atomic E-state index is -5.06. The van der Waals surface area contributed by atoms with Gasteiger partial charge in [0.15, 0.2) is 6.29 Å². The molecule has 1 aliphatic rings. The van der Waals surface area contributed by atoms with Crippen LogP contribution < -0.4 is 0 Å². The largest absolute Gasteiger partial charge is 0.457 e. The maximum Gasteiger partial charge on any atom is 0.397 e. The molecule has 6 unspecified atom stereocenters. The molecule has 0 radical (unpaired) electrons. The zero-order valence-corrected chi connectivity index (χ0v) is 42.1. The molecule has 0 aromatic heterocycles. The first-order valence-electron chi connectivity index (χ1n) is 26.6. The second-order valence-corrected chi connectivity index (χ2v) is 19.5. The smallest absolute Gasteiger partial charge is 0.397 e. The lowest BCUT2D eigenvalue weighted by molar-refractivity contribution is -0.301. The van der Waals surface area contributed by atoms with E-state index in [1.807, 2.05) is 0 Å². The molecule has 1 aliphatic heterocycles. The second-order valence-electron chi connectivity index (χ2n) is 18.5. The second kappa shape index (κ2) is 43.8. The van der Waals surface area contributed by atoms with Crippen molar-refractivity contribution in [3.05, 3.63) is 24.3 Å². The van der Waals surface area contributed by atoms with Gasteiger partial charge in [-0.1, -0.05) is 212 Å². The van der Waals surface area contributed by atoms with Crippen LogP contribution >= 0.6 is 0 Å². The van der Waals surface area contributed by atoms with Crippen LogP contribution in [0, 0.1) is 0 Å². The molecule has 0 bridgehead atoms. The fraction of sp³-hybridized carbons (Fsp3) is 0.904. The van der Waals surface area contributed by atoms with E-state index in [1.165, 1.54) is 148 Å². The minimum absolute atomic E-state index is 0.0348. The molecule has 1 saturated heterocycles. The van der Waals surface area contributed by atoms with Crippen molar-refractivity contribution in [1.29, 1.82) is 0 Å². The molecule has 0 spiro atoms. The Hall–Kier alpha value is -1.42. The molecular formula is C52H98O12S. The molecule has 384 valence electrons. The summed E-state index contributed by atoms with van der Waals surface area (Å²) in [5, 5.41) is 30.8. The van der Waals surface area contributed by atoms with Gasteiger partial charge in [-0.2, -0.15) is 8.42 Å². The molecule has 13 heteroatoms. The molecule has 1 rings (SSSR count). The number of unbranched alkanes of at least 4 members (excludes halogenated alkanes) is 30. The van der Waals surface area contributed by atoms with Crippen LogP contribution in [0.15, 0.2) is 24.3 Å². The number of aliphatic hydroxyl groups is 3. The van der Waals surface area contributed by atoms with Crippen LogP contribution in [0.3, 0.4) is 0 Å². The Kier molecular flexibility index (Phi) is 41.5. The van der Waals surface area contributed by atoms with Gasteiger partial charge >= 0.3 is 16.4 Å². The van der Waals surface area contributed by atoms with Crippen LogP contribution in [0.2, 0.25) is 0 Å². The van der Waals surface area contributed by atoms with E-state index < -0.39 is 59.8 Å². The molecule has 65 heavy (non-hydrogen) atoms. The molecule has 1 heterocycles. The Morgan fingerprint density at radius 1 is 0.585 bits per heavy atom. The van der Waals surface area contributed by atoms with Gasteiger partial charge in [-0.3, -0.25) is 9.35 Å². The van der Waals surface area contributed by atoms with E-state index in [2.05, 4.69) is 42.3 Å². The number of allylic oxidation sites excluding steroid dienone is 4. The third-order valence-electron chi connectivity index (χ3n) is 12.3. The number of esters is 1. The number of hydrogen-bond donors (Lipinski definition) is 4. The molecule has 4 N–H and O–H groups in total. The normalized spacial score (nSPS) is 19.8. The van der Waals surface area contributed by atoms with E-state index >= 15 is 0 Å². The first-order valence-corrected chi connectivity index (χ1v) is 28.0. The lowest BCUT2D eigenvalue weighted by atomic mass is 9.99. The summed E-state index contributed by atoms with van der Waals surface area (Å²) in [6, 6.07) is 0. The molecule has 0 aromatic carbocycles. The third kappa shape index (κ3) is 37.2. The molecule has 0 amide bonds. The molecule has 0 aliphatic carbocycles. The zero-order valence-electron chi connectivity index (χ0n) is 41.3. The summed E-state index contributed by atoms with van der Waals surface area (Å²) in [6.07, 6.45) is 42.2. The standard InChI is InChI=1S/C52H98O12S/c1-3-5-7-9-11-13-15-17-19-20-21-22-23-24-25-26-28-30-32-34-36-38-40-42-60-44-46(45-61-52-50(56)51(64-65(57,58)59)49(55)47(43-53)63-52)62-48(54)41-39-37-35-33-31-29-27-18-16-14-12-10-8-6-4-2/h12,14,18,27,46-47,49-53,55-56H,3-11,13,15-17,19-26,28-45H2,1-2H3,(H,57,58,59)/b14-12-,27-18-. The highest BCUT2D eigenvalue weighted by Crippen LogP contribution is 2.26. The average molecular weight is 947 g/mol. The Morgan fingerprint density at radius 3 is 1.49 bits per heavy atom. The highest BCUT2D eigenvalue weighted by atomic mass is 32.3. The van der Waals surface area contributed by atoms with Gasteiger partial charge in [0.05, 0.1) is 19.8 Å². The quantitative estimate of drug-likeness (QED) is 0.0197. The van der Waals surface area contributed by atoms with E-state index in [9.17, 15) is 33.1 Å². The Bertz CT molecular complexity index is 1230. The Labute approximate surface area is 397 Å². The molecule has 0 aromatic rings. The van der Waals surface area contributed by atoms with Crippen LogP contribution in [0.25, 0.3) is 0 Å². The fourth-order valence-corrected chi connectivity index (χ4v) is 8.80. The van der Waals surface area contributed by atoms with E-state index in [4.69, 9.17) is 18.9 Å². The summed E-state index contributed by atoms with van der Waals surface area (Å²) in [7, 11) is -5.06. The van der Waals surface area contributed by atoms with Crippen LogP contribution in [0.5, 0.6) is 0 Å². The summed E-state index contributed by atoms with van der Waals surface area (Å²) in [5.41, 5.74) is 0. The zero-order chi connectivity index (χ0) is 47.5. The monoisotopic (exact) mass is 947 g/mol. The predicted octanol–water partition coefficient (Wildman–Crippen LogP) is 12.4. The van der Waals surface area contributed by atoms with Crippen molar-refractivity contribution in [1.82, 2.24) is 0 Å². The van der Waals surface area contributed by atoms with Gasteiger partial charge < -0.3 is 34.3 Å². The van der Waals surface area contributed by atoms with Gasteiger partial charge in [0.25, 0.3) is 0 Å². The molecular weight excluding hydrogens is 849 g/mol. The van der Waals surface area contributed by atoms with Gasteiger partial charge in [0, 0.05) is 13.0 Å². The highest BCUT2D eigenvalue weighted by Gasteiger charge is 2.48. The van der Waals surface area contributed by atoms with Crippen molar-refractivity contribution in [2.24, 2.45) is 0 Å². The van der Waals surface area contributed by atoms with Crippen molar-refractivity contribution in [3.8, 4) is 0 Å². The van der Waals surface area contributed by atoms with Gasteiger partial charge in [-0.05, 0) is 44.9 Å². The minimum Gasteiger partial charge on any atom is -0.457 e. The van der Waals surface area contributed by atoms with Gasteiger partial charge in [0.2, 0.25) is 0 Å². The van der Waals surface area contributed by atoms with Crippen LogP contribution in [-0.4, -0.2) is 97.5 Å². The molecule has 6 atom stereocenters. The van der Waals surface area contributed by atoms with Crippen LogP contribution in [-0.2, 0) is 38.3 Å². The number of carbonyl (C=O) groups excluding carboxylic acids is 1. The topological polar surface area (TPSA) is 178 Å². The van der Waals surface area contributed by atoms with Crippen molar-refractivity contribution in [2.75, 3.05) is 26.4 Å². The number of aliphatic hydroxyl groups excluding tert-OH is 3. The first kappa shape index (κ1) is 61.6. The fourth-order valence-electron chi connectivity index (χ4n) is 8.29. The van der Waals surface area contributed by atoms with Gasteiger partial charge in [-0.15, -0.1) is 0 Å². The average Bonchev–Trinajstić information content (AvgIpc) is 3.28. The lowest BCUT2D eigenvalue weighted by Crippen LogP contribution is -2.60. The number of carbonyl (C=O) groups is 1. The maximum absolute atomic E-state index is 12.9. The Balaban J connectivity index is 2.31. The summed E-state index contributed by atoms with van der Waals surface area (Å²) < 4.78 is 59.3. The van der Waals surface area contributed by atoms with Crippen molar-refractivity contribution in [2.45, 2.75) is 275 Å². The lowest BCUT2D eigenvalue weighted by Gasteiger charge is -2.41. The van der Waals surface area contributed by atoms with Crippen molar-refractivity contribution < 1.29 is 56.2 Å². The van der Waals surface area contributed by atoms with E-state index in [1.54, 1.807) is 0 Å². The number of ether oxygens (including phenoxy) is 4. The molecule has 1 fully saturated rings. The molecule has 12 nitrogen and oxygen atoms in total. The van der Waals surface area contributed by atoms with E-state index in [-0.39, 0.29) is 19.6 Å². The van der Waals surface area contributed by atoms with Crippen LogP contribution in [0.4, 0.5) is 0 Å². The van der Waals surface area contributed by atoms with Crippen molar-refractivity contribution >= 4 is 16.4 Å². The van der Waals surface area contributed by atoms with Crippen LogP contribution in [0.1, 0.15) is 239 Å². The van der Waals surface area contributed by atoms with Crippen molar-refractivity contribution in [3.63, 3.8) is 0 Å². The number of rotatable bonds is 47. The summed E-state index contributed by atoms with van der Waals surface area (Å²) in [5.74, 6) is -0.408.